The molecule has 16 aliphatic rings. The van der Waals surface area contributed by atoms with Crippen molar-refractivity contribution in [1.29, 1.82) is 0 Å². The van der Waals surface area contributed by atoms with E-state index in [1.807, 2.05) is 0 Å². The summed E-state index contributed by atoms with van der Waals surface area (Å²) >= 11 is 0. The Balaban J connectivity index is 1.10. The van der Waals surface area contributed by atoms with Gasteiger partial charge in [0.05, 0.1) is 0 Å². The van der Waals surface area contributed by atoms with Crippen molar-refractivity contribution in [2.75, 3.05) is 0 Å². The van der Waals surface area contributed by atoms with E-state index >= 15 is 0 Å². The van der Waals surface area contributed by atoms with Gasteiger partial charge in [0, 0.05) is 0 Å². The van der Waals surface area contributed by atoms with Gasteiger partial charge < -0.3 is 0 Å². The van der Waals surface area contributed by atoms with E-state index in [0.29, 0.717) is 0 Å². The largest absolute Gasteiger partial charge is 0.0499 e. The van der Waals surface area contributed by atoms with E-state index in [9.17, 15) is 0 Å². The molecule has 16 aliphatic carbocycles. The third-order valence-corrected chi connectivity index (χ3v) is 20.9. The first-order chi connectivity index (χ1) is 15.8. The van der Waals surface area contributed by atoms with Gasteiger partial charge in [-0.15, -0.1) is 0 Å². The SMILES string of the molecule is C1C[C@@H]2C[C@H]3C4C5C2C2C6C7C5C58C9C(C%10C9C79C%10[C@@H]7C[C@]%10(C6[C@H]%10C[C@H]12)C79)C5[C@H]1C[C@]43C18. The average Bonchev–Trinajstić information content (AvgIpc) is 3.60. The highest BCUT2D eigenvalue weighted by molar-refractivity contribution is 5.56. The van der Waals surface area contributed by atoms with E-state index in [0.717, 1.165) is 21.7 Å². The zero-order chi connectivity index (χ0) is 18.9. The van der Waals surface area contributed by atoms with Crippen molar-refractivity contribution in [2.24, 2.45) is 152 Å². The van der Waals surface area contributed by atoms with Crippen molar-refractivity contribution in [2.45, 2.75) is 38.5 Å². The number of hydrogen-bond acceptors (Lipinski definition) is 0. The normalized spacial score (nSPS) is 103. The maximum Gasteiger partial charge on any atom is -0.0159 e. The Morgan fingerprint density at radius 1 is 0.438 bits per heavy atom. The Kier molecular flexibility index (Phi) is 1.32. The van der Waals surface area contributed by atoms with E-state index in [2.05, 4.69) is 0 Å². The molecule has 26 atom stereocenters. The molecule has 0 aromatic carbocycles. The van der Waals surface area contributed by atoms with Gasteiger partial charge in [-0.3, -0.25) is 0 Å². The molecule has 32 heavy (non-hydrogen) atoms. The van der Waals surface area contributed by atoms with Gasteiger partial charge in [-0.1, -0.05) is 0 Å². The molecule has 0 aliphatic heterocycles. The van der Waals surface area contributed by atoms with E-state index < -0.39 is 0 Å². The van der Waals surface area contributed by atoms with Gasteiger partial charge in [0.2, 0.25) is 0 Å². The molecule has 16 fully saturated rings. The minimum Gasteiger partial charge on any atom is -0.0499 e. The lowest BCUT2D eigenvalue weighted by Gasteiger charge is -3.06. The van der Waals surface area contributed by atoms with Crippen LogP contribution in [0.25, 0.3) is 0 Å². The Morgan fingerprint density at radius 3 is 1.34 bits per heavy atom. The minimum atomic E-state index is 1.000. The van der Waals surface area contributed by atoms with Gasteiger partial charge in [-0.05, 0) is 190 Å². The molecule has 0 radical (unpaired) electrons. The Labute approximate surface area is 190 Å². The molecule has 16 rings (SSSR count). The van der Waals surface area contributed by atoms with Gasteiger partial charge in [0.15, 0.2) is 0 Å². The van der Waals surface area contributed by atoms with E-state index in [1.54, 1.807) is 38.5 Å². The summed E-state index contributed by atoms with van der Waals surface area (Å²) in [7, 11) is 0. The standard InChI is InChI=1S/C32H34/c1-2-8-4-12-22-16-14(8)13-7(1)3-11-21-15(13)23-24(16)32-20(10-6-30(12,22)28(10)32)18-17-19-9-5-29(11,21)27(9)31(19,23)25(17)26(18)32/h7-28H,1-6H2/t7-,8+,9-,10+,11+,12-,13?,14?,15?,16?,17?,18?,19?,20?,21?,22?,23?,24?,25?,26?,27?,28?,29-,30+,31?,32?. The molecule has 0 saturated heterocycles. The highest BCUT2D eigenvalue weighted by Crippen LogP contribution is 3.13. The van der Waals surface area contributed by atoms with Crippen LogP contribution in [-0.4, -0.2) is 0 Å². The van der Waals surface area contributed by atoms with Crippen LogP contribution in [0.4, 0.5) is 0 Å². The maximum atomic E-state index is 1.79. The van der Waals surface area contributed by atoms with Crippen LogP contribution in [0.3, 0.4) is 0 Å². The lowest BCUT2D eigenvalue weighted by Crippen LogP contribution is -3.03. The number of rotatable bonds is 0. The monoisotopic (exact) mass is 418 g/mol. The molecule has 0 heteroatoms. The van der Waals surface area contributed by atoms with Crippen molar-refractivity contribution in [3.8, 4) is 0 Å². The molecule has 0 aromatic heterocycles. The quantitative estimate of drug-likeness (QED) is 0.517. The van der Waals surface area contributed by atoms with Crippen LogP contribution in [0.5, 0.6) is 0 Å². The smallest absolute Gasteiger partial charge is 0.0159 e. The molecule has 4 spiro atoms. The first-order valence-electron chi connectivity index (χ1n) is 15.8. The fourth-order valence-electron chi connectivity index (χ4n) is 22.8. The molecule has 0 aromatic rings. The second kappa shape index (κ2) is 3.03. The molecule has 0 amide bonds. The van der Waals surface area contributed by atoms with E-state index in [4.69, 9.17) is 0 Å². The fraction of sp³-hybridized carbons (Fsp3) is 1.00. The highest BCUT2D eigenvalue weighted by atomic mass is 15.1. The van der Waals surface area contributed by atoms with Crippen molar-refractivity contribution < 1.29 is 0 Å². The van der Waals surface area contributed by atoms with Crippen LogP contribution >= 0.6 is 0 Å². The second-order valence-corrected chi connectivity index (χ2v) is 18.4. The van der Waals surface area contributed by atoms with Crippen molar-refractivity contribution in [1.82, 2.24) is 0 Å². The van der Waals surface area contributed by atoms with Crippen molar-refractivity contribution in [3.63, 3.8) is 0 Å². The van der Waals surface area contributed by atoms with Crippen LogP contribution in [0.1, 0.15) is 38.5 Å². The molecule has 162 valence electrons. The molecule has 0 heterocycles. The molecule has 0 nitrogen and oxygen atoms in total. The Bertz CT molecular complexity index is 1170. The van der Waals surface area contributed by atoms with Crippen LogP contribution in [-0.2, 0) is 0 Å². The van der Waals surface area contributed by atoms with Gasteiger partial charge in [-0.2, -0.15) is 0 Å². The Hall–Kier alpha value is 0. The molecule has 0 N–H and O–H groups in total. The van der Waals surface area contributed by atoms with Gasteiger partial charge in [0.1, 0.15) is 0 Å². The van der Waals surface area contributed by atoms with Gasteiger partial charge >= 0.3 is 0 Å². The maximum absolute atomic E-state index is 1.79. The molecular formula is C32H34. The zero-order valence-electron chi connectivity index (χ0n) is 18.9. The van der Waals surface area contributed by atoms with Crippen molar-refractivity contribution >= 4 is 0 Å². The summed E-state index contributed by atoms with van der Waals surface area (Å²) < 4.78 is 0. The van der Waals surface area contributed by atoms with E-state index in [1.165, 1.54) is 130 Å². The van der Waals surface area contributed by atoms with Crippen LogP contribution < -0.4 is 0 Å². The lowest BCUT2D eigenvalue weighted by atomic mass is 8.97. The molecule has 0 bridgehead atoms. The minimum absolute atomic E-state index is 1.000. The topological polar surface area (TPSA) is 0 Å². The lowest BCUT2D eigenvalue weighted by molar-refractivity contribution is -0.602. The summed E-state index contributed by atoms with van der Waals surface area (Å²) in [5.41, 5.74) is 4.04. The summed E-state index contributed by atoms with van der Waals surface area (Å²) in [6.45, 7) is 0. The van der Waals surface area contributed by atoms with Crippen LogP contribution in [0.2, 0.25) is 0 Å². The number of fused-ring (bicyclic) bond motifs is 5. The Morgan fingerprint density at radius 2 is 0.875 bits per heavy atom. The van der Waals surface area contributed by atoms with Gasteiger partial charge in [0.25, 0.3) is 0 Å². The third-order valence-electron chi connectivity index (χ3n) is 20.9. The summed E-state index contributed by atoms with van der Waals surface area (Å²) in [4.78, 5) is 0. The predicted octanol–water partition coefficient (Wildman–Crippen LogP) is 5.05. The average molecular weight is 419 g/mol. The fourth-order valence-corrected chi connectivity index (χ4v) is 22.8. The van der Waals surface area contributed by atoms with Gasteiger partial charge in [-0.25, -0.2) is 0 Å². The zero-order valence-corrected chi connectivity index (χ0v) is 18.9. The van der Waals surface area contributed by atoms with E-state index in [-0.39, 0.29) is 0 Å². The van der Waals surface area contributed by atoms with Crippen LogP contribution in [0.15, 0.2) is 0 Å². The summed E-state index contributed by atoms with van der Waals surface area (Å²) in [6, 6.07) is 0. The number of hydrogen-bond donors (Lipinski definition) is 0. The molecule has 18 unspecified atom stereocenters. The first-order valence-corrected chi connectivity index (χ1v) is 15.8. The second-order valence-electron chi connectivity index (χ2n) is 18.4. The highest BCUT2D eigenvalue weighted by Gasteiger charge is 3.10. The summed E-state index contributed by atoms with van der Waals surface area (Å²) in [6.07, 6.45) is 10.5. The van der Waals surface area contributed by atoms with Crippen LogP contribution in [0, 0.1) is 152 Å². The third kappa shape index (κ3) is 0.692. The predicted molar refractivity (Wildman–Crippen MR) is 114 cm³/mol. The summed E-state index contributed by atoms with van der Waals surface area (Å²) in [5, 5.41) is 0. The molecule has 16 saturated carbocycles. The molecular weight excluding hydrogens is 384 g/mol. The van der Waals surface area contributed by atoms with Crippen molar-refractivity contribution in [3.05, 3.63) is 0 Å². The summed E-state index contributed by atoms with van der Waals surface area (Å²) in [5.74, 6) is 28.8. The first kappa shape index (κ1) is 13.9.